The molecule has 0 atom stereocenters. The highest BCUT2D eigenvalue weighted by atomic mass is 31.2. The third-order valence-electron chi connectivity index (χ3n) is 5.25. The summed E-state index contributed by atoms with van der Waals surface area (Å²) in [4.78, 5) is 0. The molecule has 0 spiro atoms. The third kappa shape index (κ3) is 4.46. The first-order chi connectivity index (χ1) is 14.3. The van der Waals surface area contributed by atoms with Crippen LogP contribution in [0.4, 0.5) is 0 Å². The smallest absolute Gasteiger partial charge is 0.119 e. The van der Waals surface area contributed by atoms with Crippen molar-refractivity contribution >= 4 is 23.2 Å². The minimum absolute atomic E-state index is 0. The van der Waals surface area contributed by atoms with Gasteiger partial charge in [-0.15, -0.1) is 0 Å². The lowest BCUT2D eigenvalue weighted by Crippen LogP contribution is -2.32. The minimum atomic E-state index is -1.85. The Kier molecular flexibility index (Phi) is 7.41. The van der Waals surface area contributed by atoms with Gasteiger partial charge in [0.25, 0.3) is 0 Å². The monoisotopic (exact) mass is 414 g/mol. The SMILES string of the molecule is CCOc1ccc(C[P+](c2ccccc2)(c2ccccc2)c2ccccc2)cc1.[OH-]. The van der Waals surface area contributed by atoms with Crippen LogP contribution in [0, 0.1) is 0 Å². The summed E-state index contributed by atoms with van der Waals surface area (Å²) in [6.45, 7) is 2.71. The molecule has 0 heterocycles. The van der Waals surface area contributed by atoms with Crippen LogP contribution in [-0.4, -0.2) is 12.1 Å². The summed E-state index contributed by atoms with van der Waals surface area (Å²) in [5, 5.41) is 4.23. The van der Waals surface area contributed by atoms with Gasteiger partial charge in [0.2, 0.25) is 0 Å². The Labute approximate surface area is 179 Å². The molecular weight excluding hydrogens is 387 g/mol. The molecule has 0 unspecified atom stereocenters. The summed E-state index contributed by atoms with van der Waals surface area (Å²) < 4.78 is 5.65. The molecule has 4 aromatic rings. The number of ether oxygens (including phenoxy) is 1. The number of hydrogen-bond donors (Lipinski definition) is 0. The van der Waals surface area contributed by atoms with Crippen LogP contribution < -0.4 is 20.7 Å². The molecule has 0 aromatic heterocycles. The van der Waals surface area contributed by atoms with Crippen LogP contribution in [0.1, 0.15) is 12.5 Å². The molecule has 1 N–H and O–H groups in total. The van der Waals surface area contributed by atoms with Crippen molar-refractivity contribution in [3.05, 3.63) is 121 Å². The van der Waals surface area contributed by atoms with E-state index in [1.165, 1.54) is 21.5 Å². The van der Waals surface area contributed by atoms with E-state index in [9.17, 15) is 0 Å². The number of hydrogen-bond acceptors (Lipinski definition) is 2. The van der Waals surface area contributed by atoms with Gasteiger partial charge in [-0.25, -0.2) is 0 Å². The number of rotatable bonds is 7. The molecule has 0 amide bonds. The lowest BCUT2D eigenvalue weighted by Gasteiger charge is -2.28. The molecule has 152 valence electrons. The molecule has 0 aliphatic heterocycles. The fraction of sp³-hybridized carbons (Fsp3) is 0.111. The van der Waals surface area contributed by atoms with Crippen molar-refractivity contribution in [2.45, 2.75) is 13.1 Å². The molecule has 4 aromatic carbocycles. The van der Waals surface area contributed by atoms with Crippen molar-refractivity contribution in [2.24, 2.45) is 0 Å². The first kappa shape index (κ1) is 21.8. The Morgan fingerprint density at radius 2 is 0.967 bits per heavy atom. The van der Waals surface area contributed by atoms with Crippen LogP contribution in [0.25, 0.3) is 0 Å². The Hall–Kier alpha value is -2.93. The zero-order chi connectivity index (χ0) is 19.9. The van der Waals surface area contributed by atoms with Gasteiger partial charge < -0.3 is 10.2 Å². The van der Waals surface area contributed by atoms with Crippen LogP contribution in [0.15, 0.2) is 115 Å². The normalized spacial score (nSPS) is 10.8. The van der Waals surface area contributed by atoms with Gasteiger partial charge >= 0.3 is 0 Å². The molecule has 0 saturated carbocycles. The van der Waals surface area contributed by atoms with Crippen LogP contribution >= 0.6 is 7.26 Å². The third-order valence-corrected chi connectivity index (χ3v) is 9.62. The Morgan fingerprint density at radius 1 is 0.567 bits per heavy atom. The van der Waals surface area contributed by atoms with Crippen molar-refractivity contribution < 1.29 is 10.2 Å². The fourth-order valence-corrected chi connectivity index (χ4v) is 8.14. The van der Waals surface area contributed by atoms with Crippen LogP contribution in [0.5, 0.6) is 5.75 Å². The molecule has 0 aliphatic carbocycles. The van der Waals surface area contributed by atoms with Gasteiger partial charge in [0.15, 0.2) is 0 Å². The molecule has 0 aliphatic rings. The summed E-state index contributed by atoms with van der Waals surface area (Å²) in [7, 11) is -1.85. The second-order valence-corrected chi connectivity index (χ2v) is 10.5. The van der Waals surface area contributed by atoms with Crippen LogP contribution in [-0.2, 0) is 6.16 Å². The predicted molar refractivity (Wildman–Crippen MR) is 128 cm³/mol. The highest BCUT2D eigenvalue weighted by Crippen LogP contribution is 2.58. The van der Waals surface area contributed by atoms with E-state index < -0.39 is 7.26 Å². The molecular formula is C27H27O2P. The molecule has 0 fully saturated rings. The molecule has 3 heteroatoms. The zero-order valence-electron chi connectivity index (χ0n) is 17.2. The van der Waals surface area contributed by atoms with E-state index in [1.807, 2.05) is 6.92 Å². The molecule has 4 rings (SSSR count). The van der Waals surface area contributed by atoms with Gasteiger partial charge in [0, 0.05) is 0 Å². The second kappa shape index (κ2) is 10.2. The number of benzene rings is 4. The minimum Gasteiger partial charge on any atom is -0.870 e. The maximum Gasteiger partial charge on any atom is 0.119 e. The van der Waals surface area contributed by atoms with E-state index in [2.05, 4.69) is 115 Å². The zero-order valence-corrected chi connectivity index (χ0v) is 18.1. The van der Waals surface area contributed by atoms with E-state index >= 15 is 0 Å². The van der Waals surface area contributed by atoms with Crippen molar-refractivity contribution in [1.29, 1.82) is 0 Å². The highest BCUT2D eigenvalue weighted by Gasteiger charge is 2.45. The average molecular weight is 414 g/mol. The van der Waals surface area contributed by atoms with Crippen molar-refractivity contribution in [3.8, 4) is 5.75 Å². The van der Waals surface area contributed by atoms with Gasteiger partial charge in [-0.2, -0.15) is 0 Å². The van der Waals surface area contributed by atoms with Crippen molar-refractivity contribution in [2.75, 3.05) is 6.61 Å². The maximum atomic E-state index is 5.65. The Balaban J connectivity index is 0.00000256. The van der Waals surface area contributed by atoms with Gasteiger partial charge in [0.1, 0.15) is 28.9 Å². The molecule has 30 heavy (non-hydrogen) atoms. The maximum absolute atomic E-state index is 5.65. The largest absolute Gasteiger partial charge is 0.870 e. The summed E-state index contributed by atoms with van der Waals surface area (Å²) in [6, 6.07) is 41.7. The molecule has 0 radical (unpaired) electrons. The quantitative estimate of drug-likeness (QED) is 0.380. The Bertz CT molecular complexity index is 920. The summed E-state index contributed by atoms with van der Waals surface area (Å²) >= 11 is 0. The summed E-state index contributed by atoms with van der Waals surface area (Å²) in [5.41, 5.74) is 1.33. The van der Waals surface area contributed by atoms with E-state index in [-0.39, 0.29) is 5.48 Å². The van der Waals surface area contributed by atoms with Gasteiger partial charge in [-0.1, -0.05) is 66.7 Å². The van der Waals surface area contributed by atoms with E-state index in [0.29, 0.717) is 6.61 Å². The van der Waals surface area contributed by atoms with Crippen LogP contribution in [0.2, 0.25) is 0 Å². The highest BCUT2D eigenvalue weighted by molar-refractivity contribution is 7.95. The van der Waals surface area contributed by atoms with Crippen LogP contribution in [0.3, 0.4) is 0 Å². The summed E-state index contributed by atoms with van der Waals surface area (Å²) in [6.07, 6.45) is 0.984. The first-order valence-corrected chi connectivity index (χ1v) is 12.1. The molecule has 0 saturated heterocycles. The second-order valence-electron chi connectivity index (χ2n) is 7.05. The van der Waals surface area contributed by atoms with Crippen molar-refractivity contribution in [3.63, 3.8) is 0 Å². The van der Waals surface area contributed by atoms with E-state index in [4.69, 9.17) is 4.74 Å². The van der Waals surface area contributed by atoms with Gasteiger partial charge in [-0.05, 0) is 61.0 Å². The topological polar surface area (TPSA) is 39.2 Å². The molecule has 2 nitrogen and oxygen atoms in total. The summed E-state index contributed by atoms with van der Waals surface area (Å²) in [5.74, 6) is 0.930. The van der Waals surface area contributed by atoms with Gasteiger partial charge in [-0.3, -0.25) is 0 Å². The van der Waals surface area contributed by atoms with E-state index in [0.717, 1.165) is 11.9 Å². The Morgan fingerprint density at radius 3 is 1.33 bits per heavy atom. The van der Waals surface area contributed by atoms with E-state index in [1.54, 1.807) is 0 Å². The molecule has 0 bridgehead atoms. The average Bonchev–Trinajstić information content (AvgIpc) is 2.80. The fourth-order valence-electron chi connectivity index (χ4n) is 3.90. The standard InChI is InChI=1S/C27H26OP.H2O/c1-2-28-24-20-18-23(19-21-24)22-29(25-12-6-3-7-13-25,26-14-8-4-9-15-26)27-16-10-5-11-17-27;/h3-21H,2,22H2,1H3;1H2/q+1;/p-1. The van der Waals surface area contributed by atoms with Gasteiger partial charge in [0.05, 0.1) is 12.8 Å². The lowest BCUT2D eigenvalue weighted by atomic mass is 10.2. The first-order valence-electron chi connectivity index (χ1n) is 10.1. The van der Waals surface area contributed by atoms with Crippen molar-refractivity contribution in [1.82, 2.24) is 0 Å². The predicted octanol–water partition coefficient (Wildman–Crippen LogP) is 5.40. The lowest BCUT2D eigenvalue weighted by molar-refractivity contribution is 0.340.